The van der Waals surface area contributed by atoms with Gasteiger partial charge in [-0.3, -0.25) is 0 Å². The molecule has 0 saturated heterocycles. The van der Waals surface area contributed by atoms with E-state index in [1.165, 1.54) is 17.7 Å². The highest BCUT2D eigenvalue weighted by atomic mass is 19.1. The Morgan fingerprint density at radius 3 is 2.48 bits per heavy atom. The molecule has 0 spiro atoms. The molecule has 0 amide bonds. The molecular weight excluding hydrogens is 263 g/mol. The van der Waals surface area contributed by atoms with E-state index < -0.39 is 0 Å². The van der Waals surface area contributed by atoms with Gasteiger partial charge in [-0.05, 0) is 29.7 Å². The molecule has 0 aliphatic carbocycles. The van der Waals surface area contributed by atoms with E-state index in [0.29, 0.717) is 0 Å². The van der Waals surface area contributed by atoms with Gasteiger partial charge in [-0.2, -0.15) is 0 Å². The van der Waals surface area contributed by atoms with Crippen molar-refractivity contribution in [2.75, 3.05) is 0 Å². The van der Waals surface area contributed by atoms with Crippen molar-refractivity contribution in [3.8, 4) is 0 Å². The van der Waals surface area contributed by atoms with Gasteiger partial charge in [0.05, 0.1) is 12.9 Å². The maximum atomic E-state index is 13.1. The summed E-state index contributed by atoms with van der Waals surface area (Å²) in [5.41, 5.74) is 2.34. The van der Waals surface area contributed by atoms with Crippen LogP contribution in [0.25, 0.3) is 0 Å². The maximum absolute atomic E-state index is 13.1. The van der Waals surface area contributed by atoms with E-state index in [-0.39, 0.29) is 11.7 Å². The van der Waals surface area contributed by atoms with E-state index in [4.69, 9.17) is 0 Å². The molecular formula is C18H16FN2. The van der Waals surface area contributed by atoms with Crippen LogP contribution in [0.3, 0.4) is 0 Å². The molecule has 1 aromatic heterocycles. The monoisotopic (exact) mass is 279 g/mol. The van der Waals surface area contributed by atoms with Crippen molar-refractivity contribution in [3.05, 3.63) is 96.8 Å². The summed E-state index contributed by atoms with van der Waals surface area (Å²) in [7, 11) is 0. The second-order valence-electron chi connectivity index (χ2n) is 5.01. The van der Waals surface area contributed by atoms with Crippen molar-refractivity contribution in [2.45, 2.75) is 12.3 Å². The van der Waals surface area contributed by atoms with Gasteiger partial charge in [0.15, 0.2) is 0 Å². The van der Waals surface area contributed by atoms with Gasteiger partial charge in [0.1, 0.15) is 5.82 Å². The fourth-order valence-electron chi connectivity index (χ4n) is 2.40. The average molecular weight is 279 g/mol. The SMILES string of the molecule is Fc1ccc(C([CH]n2ccnc2)Cc2ccccc2)cc1. The van der Waals surface area contributed by atoms with Crippen LogP contribution in [-0.4, -0.2) is 9.55 Å². The highest BCUT2D eigenvalue weighted by molar-refractivity contribution is 5.27. The smallest absolute Gasteiger partial charge is 0.123 e. The first-order chi connectivity index (χ1) is 10.3. The van der Waals surface area contributed by atoms with Crippen LogP contribution in [0, 0.1) is 12.4 Å². The zero-order chi connectivity index (χ0) is 14.5. The van der Waals surface area contributed by atoms with Crippen molar-refractivity contribution in [1.29, 1.82) is 0 Å². The Morgan fingerprint density at radius 1 is 1.05 bits per heavy atom. The molecule has 0 saturated carbocycles. The number of rotatable bonds is 5. The summed E-state index contributed by atoms with van der Waals surface area (Å²) < 4.78 is 15.1. The molecule has 3 rings (SSSR count). The number of benzene rings is 2. The molecule has 3 heteroatoms. The molecule has 1 unspecified atom stereocenters. The van der Waals surface area contributed by atoms with Crippen molar-refractivity contribution >= 4 is 0 Å². The van der Waals surface area contributed by atoms with Crippen molar-refractivity contribution in [2.24, 2.45) is 0 Å². The van der Waals surface area contributed by atoms with E-state index in [2.05, 4.69) is 23.7 Å². The zero-order valence-corrected chi connectivity index (χ0v) is 11.6. The van der Waals surface area contributed by atoms with E-state index in [0.717, 1.165) is 12.0 Å². The lowest BCUT2D eigenvalue weighted by atomic mass is 9.92. The summed E-state index contributed by atoms with van der Waals surface area (Å²) in [5.74, 6) is -0.0398. The molecule has 1 heterocycles. The first kappa shape index (κ1) is 13.6. The third-order valence-corrected chi connectivity index (χ3v) is 3.47. The van der Waals surface area contributed by atoms with E-state index >= 15 is 0 Å². The van der Waals surface area contributed by atoms with E-state index in [1.807, 2.05) is 41.1 Å². The standard InChI is InChI=1S/C18H16FN2/c19-18-8-6-16(7-9-18)17(13-21-11-10-20-14-21)12-15-4-2-1-3-5-15/h1-11,13-14,17H,12H2. The average Bonchev–Trinajstić information content (AvgIpc) is 3.01. The minimum absolute atomic E-state index is 0.169. The van der Waals surface area contributed by atoms with Crippen molar-refractivity contribution in [3.63, 3.8) is 0 Å². The maximum Gasteiger partial charge on any atom is 0.123 e. The zero-order valence-electron chi connectivity index (χ0n) is 11.6. The van der Waals surface area contributed by atoms with Gasteiger partial charge in [0.2, 0.25) is 0 Å². The molecule has 0 aliphatic heterocycles. The fourth-order valence-corrected chi connectivity index (χ4v) is 2.40. The van der Waals surface area contributed by atoms with Crippen LogP contribution in [0.5, 0.6) is 0 Å². The van der Waals surface area contributed by atoms with Crippen LogP contribution in [0.15, 0.2) is 73.3 Å². The lowest BCUT2D eigenvalue weighted by Gasteiger charge is -2.17. The second kappa shape index (κ2) is 6.35. The Balaban J connectivity index is 1.85. The third kappa shape index (κ3) is 3.57. The minimum Gasteiger partial charge on any atom is -0.332 e. The molecule has 0 bridgehead atoms. The topological polar surface area (TPSA) is 17.8 Å². The number of hydrogen-bond donors (Lipinski definition) is 0. The van der Waals surface area contributed by atoms with Crippen LogP contribution < -0.4 is 0 Å². The molecule has 2 nitrogen and oxygen atoms in total. The van der Waals surface area contributed by atoms with Crippen LogP contribution >= 0.6 is 0 Å². The Bertz CT molecular complexity index is 660. The summed E-state index contributed by atoms with van der Waals surface area (Å²) in [6.07, 6.45) is 6.29. The molecule has 1 radical (unpaired) electrons. The minimum atomic E-state index is -0.208. The Hall–Kier alpha value is -2.42. The fraction of sp³-hybridized carbons (Fsp3) is 0.111. The second-order valence-corrected chi connectivity index (χ2v) is 5.01. The number of aromatic nitrogens is 2. The Labute approximate surface area is 123 Å². The predicted molar refractivity (Wildman–Crippen MR) is 81.2 cm³/mol. The van der Waals surface area contributed by atoms with Gasteiger partial charge in [0.25, 0.3) is 0 Å². The molecule has 1 atom stereocenters. The summed E-state index contributed by atoms with van der Waals surface area (Å²) in [6.45, 7) is 2.10. The number of halogens is 1. The summed E-state index contributed by atoms with van der Waals surface area (Å²) in [5, 5.41) is 0. The third-order valence-electron chi connectivity index (χ3n) is 3.47. The van der Waals surface area contributed by atoms with Gasteiger partial charge in [-0.15, -0.1) is 0 Å². The first-order valence-corrected chi connectivity index (χ1v) is 6.93. The Kier molecular flexibility index (Phi) is 4.10. The van der Waals surface area contributed by atoms with Gasteiger partial charge in [0, 0.05) is 18.3 Å². The molecule has 3 aromatic rings. The number of nitrogens with zero attached hydrogens (tertiary/aromatic N) is 2. The molecule has 105 valence electrons. The van der Waals surface area contributed by atoms with Crippen LogP contribution in [0.2, 0.25) is 0 Å². The quantitative estimate of drug-likeness (QED) is 0.688. The lowest BCUT2D eigenvalue weighted by Crippen LogP contribution is -2.09. The predicted octanol–water partition coefficient (Wildman–Crippen LogP) is 4.06. The molecule has 21 heavy (non-hydrogen) atoms. The van der Waals surface area contributed by atoms with Crippen molar-refractivity contribution in [1.82, 2.24) is 9.55 Å². The Morgan fingerprint density at radius 2 is 1.81 bits per heavy atom. The molecule has 0 aliphatic rings. The lowest BCUT2D eigenvalue weighted by molar-refractivity contribution is 0.624. The normalized spacial score (nSPS) is 12.2. The van der Waals surface area contributed by atoms with Gasteiger partial charge >= 0.3 is 0 Å². The summed E-state index contributed by atoms with van der Waals surface area (Å²) in [4.78, 5) is 4.06. The molecule has 2 aromatic carbocycles. The molecule has 0 fully saturated rings. The largest absolute Gasteiger partial charge is 0.332 e. The first-order valence-electron chi connectivity index (χ1n) is 6.93. The van der Waals surface area contributed by atoms with Gasteiger partial charge < -0.3 is 4.57 Å². The highest BCUT2D eigenvalue weighted by Gasteiger charge is 2.14. The number of imidazole rings is 1. The van der Waals surface area contributed by atoms with E-state index in [9.17, 15) is 4.39 Å². The van der Waals surface area contributed by atoms with Gasteiger partial charge in [-0.25, -0.2) is 9.37 Å². The van der Waals surface area contributed by atoms with Crippen LogP contribution in [-0.2, 0) is 6.42 Å². The highest BCUT2D eigenvalue weighted by Crippen LogP contribution is 2.24. The molecule has 0 N–H and O–H groups in total. The van der Waals surface area contributed by atoms with E-state index in [1.54, 1.807) is 12.5 Å². The summed E-state index contributed by atoms with van der Waals surface area (Å²) in [6, 6.07) is 17.0. The van der Waals surface area contributed by atoms with Crippen LogP contribution in [0.4, 0.5) is 4.39 Å². The number of hydrogen-bond acceptors (Lipinski definition) is 1. The summed E-state index contributed by atoms with van der Waals surface area (Å²) >= 11 is 0. The van der Waals surface area contributed by atoms with Crippen LogP contribution in [0.1, 0.15) is 17.0 Å². The van der Waals surface area contributed by atoms with Gasteiger partial charge in [-0.1, -0.05) is 42.5 Å². The van der Waals surface area contributed by atoms with Crippen molar-refractivity contribution < 1.29 is 4.39 Å².